The van der Waals surface area contributed by atoms with Crippen LogP contribution in [0.1, 0.15) is 58.3 Å². The van der Waals surface area contributed by atoms with Crippen molar-refractivity contribution in [2.45, 2.75) is 40.0 Å². The summed E-state index contributed by atoms with van der Waals surface area (Å²) < 4.78 is 0. The Morgan fingerprint density at radius 2 is 1.76 bits per heavy atom. The normalized spacial score (nSPS) is 14.4. The van der Waals surface area contributed by atoms with E-state index in [0.29, 0.717) is 16.8 Å². The lowest BCUT2D eigenvalue weighted by molar-refractivity contribution is 0.101. The molecule has 5 nitrogen and oxygen atoms in total. The summed E-state index contributed by atoms with van der Waals surface area (Å²) in [6.07, 6.45) is 3.62. The first kappa shape index (κ1) is 17.3. The zero-order valence-corrected chi connectivity index (χ0v) is 15.1. The van der Waals surface area contributed by atoms with Gasteiger partial charge in [-0.15, -0.1) is 0 Å². The molecule has 1 aliphatic rings. The predicted octanol–water partition coefficient (Wildman–Crippen LogP) is 4.08. The molecule has 0 spiro atoms. The number of piperidine rings is 1. The van der Waals surface area contributed by atoms with Crippen molar-refractivity contribution < 1.29 is 9.59 Å². The van der Waals surface area contributed by atoms with Crippen molar-refractivity contribution in [3.63, 3.8) is 0 Å². The van der Waals surface area contributed by atoms with Gasteiger partial charge in [-0.25, -0.2) is 0 Å². The Morgan fingerprint density at radius 3 is 2.40 bits per heavy atom. The first-order chi connectivity index (χ1) is 12.0. The molecule has 1 amide bonds. The van der Waals surface area contributed by atoms with Crippen molar-refractivity contribution in [2.75, 3.05) is 23.3 Å². The lowest BCUT2D eigenvalue weighted by Crippen LogP contribution is -2.30. The van der Waals surface area contributed by atoms with E-state index in [1.54, 1.807) is 0 Å². The number of amides is 1. The molecule has 1 aromatic heterocycles. The van der Waals surface area contributed by atoms with E-state index in [0.717, 1.165) is 30.2 Å². The number of aromatic amines is 1. The van der Waals surface area contributed by atoms with E-state index in [4.69, 9.17) is 0 Å². The van der Waals surface area contributed by atoms with Crippen LogP contribution >= 0.6 is 0 Å². The molecule has 3 rings (SSSR count). The highest BCUT2D eigenvalue weighted by Crippen LogP contribution is 2.29. The Labute approximate surface area is 148 Å². The highest BCUT2D eigenvalue weighted by Gasteiger charge is 2.21. The molecule has 0 atom stereocenters. The number of Topliss-reactive ketones (excluding diaryl/α,β-unsaturated/α-hetero) is 1. The third-order valence-corrected chi connectivity index (χ3v) is 4.87. The lowest BCUT2D eigenvalue weighted by atomic mass is 10.1. The summed E-state index contributed by atoms with van der Waals surface area (Å²) in [6, 6.07) is 7.90. The van der Waals surface area contributed by atoms with Gasteiger partial charge in [0.2, 0.25) is 0 Å². The number of H-pyrrole nitrogens is 1. The Hall–Kier alpha value is -2.56. The first-order valence-electron chi connectivity index (χ1n) is 8.84. The summed E-state index contributed by atoms with van der Waals surface area (Å²) >= 11 is 0. The fourth-order valence-corrected chi connectivity index (χ4v) is 3.68. The van der Waals surface area contributed by atoms with Gasteiger partial charge in [0.05, 0.1) is 11.4 Å². The van der Waals surface area contributed by atoms with Gasteiger partial charge in [-0.3, -0.25) is 9.59 Å². The molecule has 0 bridgehead atoms. The molecule has 1 fully saturated rings. The predicted molar refractivity (Wildman–Crippen MR) is 101 cm³/mol. The highest BCUT2D eigenvalue weighted by atomic mass is 16.2. The number of benzene rings is 1. The summed E-state index contributed by atoms with van der Waals surface area (Å²) in [6.45, 7) is 7.19. The smallest absolute Gasteiger partial charge is 0.272 e. The zero-order valence-electron chi connectivity index (χ0n) is 15.1. The van der Waals surface area contributed by atoms with E-state index in [2.05, 4.69) is 21.3 Å². The van der Waals surface area contributed by atoms with Crippen LogP contribution in [0.25, 0.3) is 0 Å². The fraction of sp³-hybridized carbons (Fsp3) is 0.400. The third kappa shape index (κ3) is 3.45. The van der Waals surface area contributed by atoms with Crippen LogP contribution in [0.2, 0.25) is 0 Å². The van der Waals surface area contributed by atoms with Gasteiger partial charge >= 0.3 is 0 Å². The Kier molecular flexibility index (Phi) is 4.93. The average molecular weight is 339 g/mol. The van der Waals surface area contributed by atoms with Crippen molar-refractivity contribution in [3.05, 3.63) is 46.8 Å². The Bertz CT molecular complexity index is 801. The van der Waals surface area contributed by atoms with Crippen molar-refractivity contribution in [3.8, 4) is 0 Å². The maximum Gasteiger partial charge on any atom is 0.272 e. The number of rotatable bonds is 4. The number of para-hydroxylation sites is 2. The molecule has 2 N–H and O–H groups in total. The molecule has 0 aliphatic carbocycles. The molecule has 5 heteroatoms. The van der Waals surface area contributed by atoms with E-state index in [1.165, 1.54) is 26.2 Å². The minimum Gasteiger partial charge on any atom is -0.370 e. The molecular weight excluding hydrogens is 314 g/mol. The van der Waals surface area contributed by atoms with Gasteiger partial charge in [-0.1, -0.05) is 12.1 Å². The monoisotopic (exact) mass is 339 g/mol. The Morgan fingerprint density at radius 1 is 1.08 bits per heavy atom. The zero-order chi connectivity index (χ0) is 18.0. The molecule has 25 heavy (non-hydrogen) atoms. The molecule has 1 saturated heterocycles. The minimum atomic E-state index is -0.211. The van der Waals surface area contributed by atoms with Crippen LogP contribution in [0.4, 0.5) is 11.4 Å². The van der Waals surface area contributed by atoms with Crippen LogP contribution in [0.5, 0.6) is 0 Å². The summed E-state index contributed by atoms with van der Waals surface area (Å²) in [5.74, 6) is -0.239. The maximum absolute atomic E-state index is 12.8. The maximum atomic E-state index is 12.8. The first-order valence-corrected chi connectivity index (χ1v) is 8.84. The van der Waals surface area contributed by atoms with Crippen molar-refractivity contribution in [2.24, 2.45) is 0 Å². The summed E-state index contributed by atoms with van der Waals surface area (Å²) in [7, 11) is 0. The van der Waals surface area contributed by atoms with Gasteiger partial charge in [-0.05, 0) is 57.7 Å². The Balaban J connectivity index is 1.87. The molecule has 0 saturated carbocycles. The quantitative estimate of drug-likeness (QED) is 0.825. The lowest BCUT2D eigenvalue weighted by Gasteiger charge is -2.30. The van der Waals surface area contributed by atoms with Crippen LogP contribution in [0.3, 0.4) is 0 Å². The standard InChI is InChI=1S/C20H25N3O2/c1-13-18(15(3)24)14(2)21-19(13)20(25)22-16-9-5-6-10-17(16)23-11-7-4-8-12-23/h5-6,9-10,21H,4,7-8,11-12H2,1-3H3,(H,22,25). The molecule has 0 unspecified atom stereocenters. The van der Waals surface area contributed by atoms with Crippen LogP contribution in [0.15, 0.2) is 24.3 Å². The van der Waals surface area contributed by atoms with Crippen LogP contribution in [-0.4, -0.2) is 29.8 Å². The topological polar surface area (TPSA) is 65.2 Å². The second-order valence-corrected chi connectivity index (χ2v) is 6.70. The second kappa shape index (κ2) is 7.13. The second-order valence-electron chi connectivity index (χ2n) is 6.70. The molecule has 2 heterocycles. The molecule has 2 aromatic rings. The number of nitrogens with one attached hydrogen (secondary N) is 2. The number of nitrogens with zero attached hydrogens (tertiary/aromatic N) is 1. The number of hydrogen-bond donors (Lipinski definition) is 2. The molecule has 0 radical (unpaired) electrons. The van der Waals surface area contributed by atoms with E-state index < -0.39 is 0 Å². The largest absolute Gasteiger partial charge is 0.370 e. The van der Waals surface area contributed by atoms with E-state index in [9.17, 15) is 9.59 Å². The summed E-state index contributed by atoms with van der Waals surface area (Å²) in [5.41, 5.74) is 4.37. The number of hydrogen-bond acceptors (Lipinski definition) is 3. The van der Waals surface area contributed by atoms with Crippen molar-refractivity contribution in [1.82, 2.24) is 4.98 Å². The number of aryl methyl sites for hydroxylation is 1. The summed E-state index contributed by atoms with van der Waals surface area (Å²) in [4.78, 5) is 30.0. The number of anilines is 2. The van der Waals surface area contributed by atoms with E-state index >= 15 is 0 Å². The van der Waals surface area contributed by atoms with Gasteiger partial charge in [-0.2, -0.15) is 0 Å². The summed E-state index contributed by atoms with van der Waals surface area (Å²) in [5, 5.41) is 3.02. The third-order valence-electron chi connectivity index (χ3n) is 4.87. The minimum absolute atomic E-state index is 0.0287. The van der Waals surface area contributed by atoms with E-state index in [1.807, 2.05) is 32.0 Å². The van der Waals surface area contributed by atoms with Crippen LogP contribution in [0, 0.1) is 13.8 Å². The van der Waals surface area contributed by atoms with Gasteiger partial charge in [0.15, 0.2) is 5.78 Å². The SMILES string of the molecule is CC(=O)c1c(C)[nH]c(C(=O)Nc2ccccc2N2CCCCC2)c1C. The average Bonchev–Trinajstić information content (AvgIpc) is 2.91. The van der Waals surface area contributed by atoms with Gasteiger partial charge in [0, 0.05) is 24.3 Å². The van der Waals surface area contributed by atoms with E-state index in [-0.39, 0.29) is 11.7 Å². The molecule has 132 valence electrons. The fourth-order valence-electron chi connectivity index (χ4n) is 3.68. The number of carbonyl (C=O) groups excluding carboxylic acids is 2. The van der Waals surface area contributed by atoms with Gasteiger partial charge in [0.25, 0.3) is 5.91 Å². The van der Waals surface area contributed by atoms with Crippen LogP contribution < -0.4 is 10.2 Å². The van der Waals surface area contributed by atoms with Gasteiger partial charge in [0.1, 0.15) is 5.69 Å². The van der Waals surface area contributed by atoms with Crippen molar-refractivity contribution in [1.29, 1.82) is 0 Å². The van der Waals surface area contributed by atoms with Crippen LogP contribution in [-0.2, 0) is 0 Å². The highest BCUT2D eigenvalue weighted by molar-refractivity contribution is 6.08. The van der Waals surface area contributed by atoms with Crippen molar-refractivity contribution >= 4 is 23.1 Å². The molecule has 1 aromatic carbocycles. The molecular formula is C20H25N3O2. The number of ketones is 1. The number of aromatic nitrogens is 1. The number of carbonyl (C=O) groups is 2. The van der Waals surface area contributed by atoms with Gasteiger partial charge < -0.3 is 15.2 Å². The molecule has 1 aliphatic heterocycles.